The Morgan fingerprint density at radius 3 is 2.70 bits per heavy atom. The van der Waals surface area contributed by atoms with Crippen molar-refractivity contribution in [2.75, 3.05) is 38.8 Å². The van der Waals surface area contributed by atoms with E-state index in [0.29, 0.717) is 29.4 Å². The first-order valence-electron chi connectivity index (χ1n) is 9.67. The summed E-state index contributed by atoms with van der Waals surface area (Å²) < 4.78 is 11.0. The molecule has 1 aliphatic heterocycles. The van der Waals surface area contributed by atoms with Crippen molar-refractivity contribution in [1.82, 2.24) is 10.2 Å². The smallest absolute Gasteiger partial charge is 0.265 e. The number of benzene rings is 2. The maximum absolute atomic E-state index is 12.6. The van der Waals surface area contributed by atoms with Crippen LogP contribution < -0.4 is 19.7 Å². The zero-order valence-corrected chi connectivity index (χ0v) is 17.3. The van der Waals surface area contributed by atoms with Crippen LogP contribution in [0.5, 0.6) is 11.5 Å². The first kappa shape index (κ1) is 21.2. The van der Waals surface area contributed by atoms with Crippen LogP contribution in [0.3, 0.4) is 0 Å². The number of fused-ring (bicyclic) bond motifs is 1. The van der Waals surface area contributed by atoms with E-state index in [4.69, 9.17) is 9.47 Å². The molecule has 0 aliphatic carbocycles. The van der Waals surface area contributed by atoms with E-state index in [0.717, 1.165) is 5.56 Å². The number of anilines is 1. The van der Waals surface area contributed by atoms with Crippen molar-refractivity contribution >= 4 is 23.4 Å². The van der Waals surface area contributed by atoms with Gasteiger partial charge >= 0.3 is 0 Å². The van der Waals surface area contributed by atoms with Crippen molar-refractivity contribution in [2.45, 2.75) is 13.5 Å². The highest BCUT2D eigenvalue weighted by Crippen LogP contribution is 2.33. The molecule has 1 N–H and O–H groups in total. The molecular weight excluding hydrogens is 386 g/mol. The van der Waals surface area contributed by atoms with Crippen molar-refractivity contribution < 1.29 is 23.9 Å². The predicted molar refractivity (Wildman–Crippen MR) is 112 cm³/mol. The number of hydrogen-bond acceptors (Lipinski definition) is 5. The molecule has 1 heterocycles. The second-order valence-corrected chi connectivity index (χ2v) is 6.97. The first-order valence-corrected chi connectivity index (χ1v) is 9.67. The molecule has 3 amide bonds. The Balaban J connectivity index is 1.74. The lowest BCUT2D eigenvalue weighted by atomic mass is 10.1. The second-order valence-electron chi connectivity index (χ2n) is 6.97. The van der Waals surface area contributed by atoms with Crippen LogP contribution in [0.1, 0.15) is 22.8 Å². The number of nitrogens with zero attached hydrogens (tertiary/aromatic N) is 2. The third-order valence-electron chi connectivity index (χ3n) is 4.61. The fourth-order valence-corrected chi connectivity index (χ4v) is 3.11. The van der Waals surface area contributed by atoms with Crippen molar-refractivity contribution in [3.05, 3.63) is 53.6 Å². The second kappa shape index (κ2) is 9.30. The van der Waals surface area contributed by atoms with Gasteiger partial charge in [0.15, 0.2) is 6.61 Å². The third kappa shape index (κ3) is 4.71. The molecule has 30 heavy (non-hydrogen) atoms. The van der Waals surface area contributed by atoms with Crippen LogP contribution in [0.4, 0.5) is 5.69 Å². The Kier molecular flexibility index (Phi) is 6.56. The first-order chi connectivity index (χ1) is 14.4. The molecule has 0 atom stereocenters. The lowest BCUT2D eigenvalue weighted by Gasteiger charge is -2.29. The number of rotatable bonds is 7. The van der Waals surface area contributed by atoms with Crippen LogP contribution in [0.25, 0.3) is 0 Å². The Morgan fingerprint density at radius 2 is 1.97 bits per heavy atom. The lowest BCUT2D eigenvalue weighted by Crippen LogP contribution is -2.45. The van der Waals surface area contributed by atoms with Crippen molar-refractivity contribution in [3.8, 4) is 11.5 Å². The Hall–Kier alpha value is -3.55. The summed E-state index contributed by atoms with van der Waals surface area (Å²) in [7, 11) is 3.30. The number of amides is 3. The molecule has 2 aromatic rings. The Morgan fingerprint density at radius 1 is 1.20 bits per heavy atom. The highest BCUT2D eigenvalue weighted by Gasteiger charge is 2.28. The van der Waals surface area contributed by atoms with Gasteiger partial charge in [0.1, 0.15) is 18.0 Å². The zero-order chi connectivity index (χ0) is 21.7. The molecule has 0 saturated carbocycles. The van der Waals surface area contributed by atoms with E-state index in [2.05, 4.69) is 5.32 Å². The topological polar surface area (TPSA) is 88.2 Å². The average molecular weight is 411 g/mol. The van der Waals surface area contributed by atoms with Gasteiger partial charge < -0.3 is 19.7 Å². The average Bonchev–Trinajstić information content (AvgIpc) is 2.74. The number of hydrogen-bond donors (Lipinski definition) is 1. The fraction of sp³-hybridized carbons (Fsp3) is 0.318. The highest BCUT2D eigenvalue weighted by atomic mass is 16.5. The third-order valence-corrected chi connectivity index (χ3v) is 4.61. The van der Waals surface area contributed by atoms with Crippen LogP contribution in [0.2, 0.25) is 0 Å². The number of carbonyl (C=O) groups excluding carboxylic acids is 3. The summed E-state index contributed by atoms with van der Waals surface area (Å²) in [5.41, 5.74) is 1.66. The van der Waals surface area contributed by atoms with Crippen LogP contribution in [-0.4, -0.2) is 56.5 Å². The summed E-state index contributed by atoms with van der Waals surface area (Å²) in [6, 6.07) is 12.3. The van der Waals surface area contributed by atoms with Crippen LogP contribution in [0, 0.1) is 0 Å². The van der Waals surface area contributed by atoms with Gasteiger partial charge in [-0.25, -0.2) is 0 Å². The molecule has 8 heteroatoms. The standard InChI is InChI=1S/C22H25N3O5/c1-4-29-18-8-6-5-7-16(18)12-23-20(26)13-25-17-11-15(22(28)24(2)3)9-10-19(17)30-14-21(25)27/h5-11H,4,12-14H2,1-3H3,(H,23,26). The fourth-order valence-electron chi connectivity index (χ4n) is 3.11. The summed E-state index contributed by atoms with van der Waals surface area (Å²) in [5.74, 6) is 0.292. The van der Waals surface area contributed by atoms with Gasteiger partial charge in [0.25, 0.3) is 11.8 Å². The normalized spacial score (nSPS) is 12.6. The minimum absolute atomic E-state index is 0.158. The Bertz CT molecular complexity index is 958. The number of nitrogens with one attached hydrogen (secondary N) is 1. The molecule has 1 aliphatic rings. The lowest BCUT2D eigenvalue weighted by molar-refractivity contribution is -0.125. The summed E-state index contributed by atoms with van der Waals surface area (Å²) in [6.45, 7) is 2.36. The van der Waals surface area contributed by atoms with E-state index in [9.17, 15) is 14.4 Å². The van der Waals surface area contributed by atoms with Gasteiger partial charge in [0, 0.05) is 31.8 Å². The molecule has 3 rings (SSSR count). The maximum Gasteiger partial charge on any atom is 0.265 e. The number of carbonyl (C=O) groups is 3. The van der Waals surface area contributed by atoms with Gasteiger partial charge in [-0.3, -0.25) is 19.3 Å². The minimum Gasteiger partial charge on any atom is -0.494 e. The van der Waals surface area contributed by atoms with Gasteiger partial charge in [-0.05, 0) is 31.2 Å². The van der Waals surface area contributed by atoms with Crippen molar-refractivity contribution in [3.63, 3.8) is 0 Å². The van der Waals surface area contributed by atoms with E-state index in [1.807, 2.05) is 31.2 Å². The molecular formula is C22H25N3O5. The van der Waals surface area contributed by atoms with Crippen LogP contribution in [0.15, 0.2) is 42.5 Å². The van der Waals surface area contributed by atoms with Gasteiger partial charge in [-0.1, -0.05) is 18.2 Å². The molecule has 158 valence electrons. The maximum atomic E-state index is 12.6. The zero-order valence-electron chi connectivity index (χ0n) is 17.3. The molecule has 0 spiro atoms. The summed E-state index contributed by atoms with van der Waals surface area (Å²) in [5, 5.41) is 2.82. The SMILES string of the molecule is CCOc1ccccc1CNC(=O)CN1C(=O)COc2ccc(C(=O)N(C)C)cc21. The molecule has 0 saturated heterocycles. The van der Waals surface area contributed by atoms with E-state index < -0.39 is 0 Å². The van der Waals surface area contributed by atoms with Gasteiger partial charge in [-0.2, -0.15) is 0 Å². The molecule has 0 bridgehead atoms. The van der Waals surface area contributed by atoms with Crippen molar-refractivity contribution in [1.29, 1.82) is 0 Å². The number of para-hydroxylation sites is 1. The molecule has 0 aromatic heterocycles. The largest absolute Gasteiger partial charge is 0.494 e. The monoisotopic (exact) mass is 411 g/mol. The van der Waals surface area contributed by atoms with E-state index in [-0.39, 0.29) is 37.4 Å². The van der Waals surface area contributed by atoms with Gasteiger partial charge in [0.05, 0.1) is 12.3 Å². The predicted octanol–water partition coefficient (Wildman–Crippen LogP) is 1.83. The molecule has 8 nitrogen and oxygen atoms in total. The molecule has 0 unspecified atom stereocenters. The molecule has 0 fully saturated rings. The summed E-state index contributed by atoms with van der Waals surface area (Å²) in [4.78, 5) is 40.1. The van der Waals surface area contributed by atoms with E-state index in [1.165, 1.54) is 9.80 Å². The van der Waals surface area contributed by atoms with Crippen LogP contribution >= 0.6 is 0 Å². The van der Waals surface area contributed by atoms with Crippen molar-refractivity contribution in [2.24, 2.45) is 0 Å². The van der Waals surface area contributed by atoms with E-state index >= 15 is 0 Å². The molecule has 0 radical (unpaired) electrons. The summed E-state index contributed by atoms with van der Waals surface area (Å²) >= 11 is 0. The van der Waals surface area contributed by atoms with Gasteiger partial charge in [0.2, 0.25) is 5.91 Å². The van der Waals surface area contributed by atoms with E-state index in [1.54, 1.807) is 32.3 Å². The Labute approximate surface area is 175 Å². The molecule has 2 aromatic carbocycles. The quantitative estimate of drug-likeness (QED) is 0.751. The highest BCUT2D eigenvalue weighted by molar-refractivity contribution is 6.04. The number of ether oxygens (including phenoxy) is 2. The van der Waals surface area contributed by atoms with Crippen LogP contribution in [-0.2, 0) is 16.1 Å². The van der Waals surface area contributed by atoms with Gasteiger partial charge in [-0.15, -0.1) is 0 Å². The minimum atomic E-state index is -0.346. The summed E-state index contributed by atoms with van der Waals surface area (Å²) in [6.07, 6.45) is 0.